The minimum atomic E-state index is -6.00. The lowest BCUT2D eigenvalue weighted by atomic mass is 10.3. The minimum absolute atomic E-state index is 0.0694. The number of halogens is 4. The summed E-state index contributed by atoms with van der Waals surface area (Å²) in [4.78, 5) is 1.79. The van der Waals surface area contributed by atoms with Crippen molar-refractivity contribution in [3.05, 3.63) is 0 Å². The highest BCUT2D eigenvalue weighted by molar-refractivity contribution is 6.50. The number of hydrogen-bond acceptors (Lipinski definition) is 4. The summed E-state index contributed by atoms with van der Waals surface area (Å²) >= 11 is 0. The second-order valence-electron chi connectivity index (χ2n) is 2.51. The van der Waals surface area contributed by atoms with Crippen LogP contribution in [-0.4, -0.2) is 66.9 Å². The molecule has 3 N–H and O–H groups in total. The largest absolute Gasteiger partial charge is 0.673 e. The van der Waals surface area contributed by atoms with E-state index in [-0.39, 0.29) is 19.8 Å². The van der Waals surface area contributed by atoms with Crippen LogP contribution in [0.3, 0.4) is 0 Å². The highest BCUT2D eigenvalue weighted by atomic mass is 19.5. The zero-order valence-corrected chi connectivity index (χ0v) is 8.12. The summed E-state index contributed by atoms with van der Waals surface area (Å²) in [5.74, 6) is 0. The summed E-state index contributed by atoms with van der Waals surface area (Å²) in [7, 11) is -6.00. The fourth-order valence-electron chi connectivity index (χ4n) is 0.760. The molecule has 9 heteroatoms. The average molecular weight is 236 g/mol. The SMILES string of the molecule is F[B-](F)(F)F.OCCN(CCO)CCO. The molecular formula is C6H15BF4NO3-. The highest BCUT2D eigenvalue weighted by Gasteiger charge is 2.20. The first-order valence-corrected chi connectivity index (χ1v) is 4.27. The summed E-state index contributed by atoms with van der Waals surface area (Å²) in [6, 6.07) is 0. The summed E-state index contributed by atoms with van der Waals surface area (Å²) in [5.41, 5.74) is 0. The van der Waals surface area contributed by atoms with Crippen LogP contribution in [0, 0.1) is 0 Å². The van der Waals surface area contributed by atoms with Gasteiger partial charge in [0.15, 0.2) is 0 Å². The van der Waals surface area contributed by atoms with Crippen molar-refractivity contribution in [2.45, 2.75) is 0 Å². The molecule has 0 bridgehead atoms. The maximum absolute atomic E-state index is 9.75. The van der Waals surface area contributed by atoms with Gasteiger partial charge in [-0.2, -0.15) is 0 Å². The molecule has 0 aliphatic heterocycles. The first-order chi connectivity index (χ1) is 6.85. The Hall–Kier alpha value is -0.375. The maximum Gasteiger partial charge on any atom is 0.673 e. The van der Waals surface area contributed by atoms with Crippen molar-refractivity contribution in [1.82, 2.24) is 4.90 Å². The lowest BCUT2D eigenvalue weighted by molar-refractivity contribution is 0.136. The zero-order valence-electron chi connectivity index (χ0n) is 8.12. The number of aliphatic hydroxyl groups excluding tert-OH is 3. The molecule has 0 aromatic heterocycles. The molecule has 4 nitrogen and oxygen atoms in total. The van der Waals surface area contributed by atoms with Gasteiger partial charge in [0.05, 0.1) is 19.8 Å². The van der Waals surface area contributed by atoms with Gasteiger partial charge < -0.3 is 32.6 Å². The predicted octanol–water partition coefficient (Wildman–Crippen LogP) is -0.435. The van der Waals surface area contributed by atoms with Crippen LogP contribution in [0.4, 0.5) is 17.3 Å². The molecule has 0 aromatic rings. The fraction of sp³-hybridized carbons (Fsp3) is 1.00. The molecule has 0 aromatic carbocycles. The molecule has 0 saturated heterocycles. The highest BCUT2D eigenvalue weighted by Crippen LogP contribution is 2.06. The third-order valence-corrected chi connectivity index (χ3v) is 1.25. The molecule has 0 aliphatic carbocycles. The lowest BCUT2D eigenvalue weighted by Crippen LogP contribution is -2.32. The summed E-state index contributed by atoms with van der Waals surface area (Å²) in [6.45, 7) is 1.75. The van der Waals surface area contributed by atoms with Crippen LogP contribution in [0.2, 0.25) is 0 Å². The van der Waals surface area contributed by atoms with Crippen LogP contribution in [0.1, 0.15) is 0 Å². The maximum atomic E-state index is 9.75. The van der Waals surface area contributed by atoms with Gasteiger partial charge in [-0.15, -0.1) is 0 Å². The molecule has 0 radical (unpaired) electrons. The van der Waals surface area contributed by atoms with Gasteiger partial charge in [-0.3, -0.25) is 4.90 Å². The number of nitrogens with zero attached hydrogens (tertiary/aromatic N) is 1. The van der Waals surface area contributed by atoms with Gasteiger partial charge in [-0.25, -0.2) is 0 Å². The Morgan fingerprint density at radius 1 is 0.733 bits per heavy atom. The molecule has 0 spiro atoms. The Labute approximate surface area is 85.2 Å². The summed E-state index contributed by atoms with van der Waals surface area (Å²) in [5, 5.41) is 25.5. The van der Waals surface area contributed by atoms with Crippen LogP contribution in [0.15, 0.2) is 0 Å². The molecule has 0 aliphatic rings. The molecule has 0 unspecified atom stereocenters. The Bertz CT molecular complexity index is 118. The van der Waals surface area contributed by atoms with Crippen molar-refractivity contribution < 1.29 is 32.6 Å². The zero-order chi connectivity index (χ0) is 12.3. The van der Waals surface area contributed by atoms with Crippen molar-refractivity contribution >= 4 is 7.25 Å². The van der Waals surface area contributed by atoms with Gasteiger partial charge in [0, 0.05) is 19.6 Å². The minimum Gasteiger partial charge on any atom is -0.418 e. The van der Waals surface area contributed by atoms with E-state index in [1.807, 2.05) is 0 Å². The van der Waals surface area contributed by atoms with Crippen LogP contribution in [0.25, 0.3) is 0 Å². The molecular weight excluding hydrogens is 221 g/mol. The normalized spacial score (nSPS) is 11.2. The van der Waals surface area contributed by atoms with Crippen molar-refractivity contribution in [2.75, 3.05) is 39.5 Å². The molecule has 94 valence electrons. The van der Waals surface area contributed by atoms with E-state index in [9.17, 15) is 17.3 Å². The van der Waals surface area contributed by atoms with Gasteiger partial charge in [-0.1, -0.05) is 0 Å². The third kappa shape index (κ3) is 24.8. The Balaban J connectivity index is 0. The molecule has 0 saturated carbocycles. The fourth-order valence-corrected chi connectivity index (χ4v) is 0.760. The Morgan fingerprint density at radius 3 is 1.07 bits per heavy atom. The summed E-state index contributed by atoms with van der Waals surface area (Å²) in [6.07, 6.45) is 0. The lowest BCUT2D eigenvalue weighted by Gasteiger charge is -2.17. The van der Waals surface area contributed by atoms with Crippen LogP contribution >= 0.6 is 0 Å². The van der Waals surface area contributed by atoms with E-state index < -0.39 is 7.25 Å². The van der Waals surface area contributed by atoms with E-state index in [2.05, 4.69) is 0 Å². The molecule has 0 fully saturated rings. The van der Waals surface area contributed by atoms with Gasteiger partial charge in [0.2, 0.25) is 0 Å². The quantitative estimate of drug-likeness (QED) is 0.432. The van der Waals surface area contributed by atoms with Gasteiger partial charge in [0.1, 0.15) is 0 Å². The second kappa shape index (κ2) is 10.2. The van der Waals surface area contributed by atoms with Crippen LogP contribution < -0.4 is 0 Å². The standard InChI is InChI=1S/C6H15NO3.BF4/c8-4-1-7(2-5-9)3-6-10;2-1(3,4)5/h8-10H,1-6H2;/q;-1. The van der Waals surface area contributed by atoms with Crippen molar-refractivity contribution in [1.29, 1.82) is 0 Å². The predicted molar refractivity (Wildman–Crippen MR) is 47.9 cm³/mol. The van der Waals surface area contributed by atoms with Crippen molar-refractivity contribution in [3.8, 4) is 0 Å². The third-order valence-electron chi connectivity index (χ3n) is 1.25. The Morgan fingerprint density at radius 2 is 0.933 bits per heavy atom. The second-order valence-corrected chi connectivity index (χ2v) is 2.51. The number of aliphatic hydroxyl groups is 3. The monoisotopic (exact) mass is 236 g/mol. The first-order valence-electron chi connectivity index (χ1n) is 4.27. The van der Waals surface area contributed by atoms with Crippen molar-refractivity contribution in [2.24, 2.45) is 0 Å². The average Bonchev–Trinajstić information content (AvgIpc) is 2.02. The topological polar surface area (TPSA) is 63.9 Å². The van der Waals surface area contributed by atoms with E-state index in [0.717, 1.165) is 0 Å². The van der Waals surface area contributed by atoms with Gasteiger partial charge in [0.25, 0.3) is 0 Å². The molecule has 0 amide bonds. The smallest absolute Gasteiger partial charge is 0.418 e. The van der Waals surface area contributed by atoms with E-state index >= 15 is 0 Å². The van der Waals surface area contributed by atoms with E-state index in [1.165, 1.54) is 0 Å². The molecule has 15 heavy (non-hydrogen) atoms. The number of rotatable bonds is 6. The Kier molecular flexibility index (Phi) is 11.5. The van der Waals surface area contributed by atoms with Crippen LogP contribution in [0.5, 0.6) is 0 Å². The molecule has 0 rings (SSSR count). The first kappa shape index (κ1) is 17.0. The van der Waals surface area contributed by atoms with E-state index in [1.54, 1.807) is 4.90 Å². The van der Waals surface area contributed by atoms with Gasteiger partial charge >= 0.3 is 7.25 Å². The summed E-state index contributed by atoms with van der Waals surface area (Å²) < 4.78 is 39.0. The van der Waals surface area contributed by atoms with Gasteiger partial charge in [-0.05, 0) is 0 Å². The van der Waals surface area contributed by atoms with E-state index in [4.69, 9.17) is 15.3 Å². The van der Waals surface area contributed by atoms with Crippen LogP contribution in [-0.2, 0) is 0 Å². The molecule has 0 heterocycles. The molecule has 0 atom stereocenters. The van der Waals surface area contributed by atoms with Crippen molar-refractivity contribution in [3.63, 3.8) is 0 Å². The number of hydrogen-bond donors (Lipinski definition) is 3. The van der Waals surface area contributed by atoms with E-state index in [0.29, 0.717) is 19.6 Å².